The van der Waals surface area contributed by atoms with Crippen LogP contribution in [-0.2, 0) is 37.3 Å². The SMILES string of the molecule is C[C-]1N2c3[c-]c(ccc3)C3(c4[c-]c(ccc4)N4[CH-]N(c5ccccc54)C4CCCCC4N1c1ccccc12)c1cc(C(C)(C)C)ccc1Oc1ccc(C(C)(C)C)cc13.[Pt+4]. The van der Waals surface area contributed by atoms with Gasteiger partial charge in [0.15, 0.2) is 0 Å². The van der Waals surface area contributed by atoms with E-state index in [1.54, 1.807) is 0 Å². The largest absolute Gasteiger partial charge is 4.00 e. The molecule has 304 valence electrons. The number of nitrogens with zero attached hydrogens (tertiary/aromatic N) is 4. The number of fused-ring (bicyclic) bond motifs is 25. The standard InChI is InChI=1S/C54H52N4O.Pt/c1-35-57-41-19-15-17-39(31-41)54(42-32-36(52(2,3)4)26-28-50(42)59-51-29-27-37(33-43(51)54)53(5,6)7)38-16-14-18-40(30-38)55-34-56(45-21-9-8-20-44(45)55)46-22-10-11-23-47(46)58(35)49-25-13-12-24-48(49)57;/h8-9,12-21,24-29,32-34,46-47H,10-11,22-23H2,1-7H3;/q-4;+4. The number of hydrogen-bond donors (Lipinski definition) is 0. The molecule has 2 unspecified atom stereocenters. The van der Waals surface area contributed by atoms with Crippen LogP contribution in [0.15, 0.2) is 121 Å². The Balaban J connectivity index is 0.00000433. The number of para-hydroxylation sites is 4. The van der Waals surface area contributed by atoms with E-state index in [1.165, 1.54) is 52.9 Å². The van der Waals surface area contributed by atoms with Crippen LogP contribution in [-0.4, -0.2) is 12.1 Å². The van der Waals surface area contributed by atoms with Crippen molar-refractivity contribution >= 4 is 34.1 Å². The van der Waals surface area contributed by atoms with Gasteiger partial charge < -0.3 is 24.3 Å². The van der Waals surface area contributed by atoms with Gasteiger partial charge in [0.1, 0.15) is 11.5 Å². The molecule has 0 aromatic heterocycles. The Morgan fingerprint density at radius 3 is 1.77 bits per heavy atom. The van der Waals surface area contributed by atoms with E-state index in [1.807, 2.05) is 0 Å². The van der Waals surface area contributed by atoms with Crippen molar-refractivity contribution in [2.75, 3.05) is 19.6 Å². The van der Waals surface area contributed by atoms with Gasteiger partial charge in [0.05, 0.1) is 0 Å². The predicted molar refractivity (Wildman–Crippen MR) is 241 cm³/mol. The Morgan fingerprint density at radius 2 is 1.15 bits per heavy atom. The summed E-state index contributed by atoms with van der Waals surface area (Å²) in [6.45, 7) is 18.5. The third-order valence-electron chi connectivity index (χ3n) is 13.7. The Hall–Kier alpha value is -4.99. The zero-order valence-corrected chi connectivity index (χ0v) is 37.9. The second kappa shape index (κ2) is 14.0. The van der Waals surface area contributed by atoms with E-state index >= 15 is 0 Å². The first-order valence-electron chi connectivity index (χ1n) is 21.5. The van der Waals surface area contributed by atoms with E-state index < -0.39 is 5.41 Å². The molecule has 8 bridgehead atoms. The molecule has 60 heavy (non-hydrogen) atoms. The van der Waals surface area contributed by atoms with E-state index in [2.05, 4.69) is 208 Å². The van der Waals surface area contributed by atoms with Gasteiger partial charge in [-0.15, -0.1) is 28.7 Å². The van der Waals surface area contributed by atoms with Crippen molar-refractivity contribution in [1.29, 1.82) is 0 Å². The van der Waals surface area contributed by atoms with Gasteiger partial charge in [-0.1, -0.05) is 103 Å². The molecule has 0 amide bonds. The zero-order chi connectivity index (χ0) is 40.4. The number of anilines is 6. The van der Waals surface area contributed by atoms with Gasteiger partial charge in [0, 0.05) is 51.4 Å². The van der Waals surface area contributed by atoms with Gasteiger partial charge >= 0.3 is 21.1 Å². The first-order chi connectivity index (χ1) is 28.4. The minimum Gasteiger partial charge on any atom is -0.497 e. The van der Waals surface area contributed by atoms with Crippen molar-refractivity contribution in [2.45, 2.75) is 102 Å². The Labute approximate surface area is 371 Å². The fraction of sp³-hybridized carbons (Fsp3) is 0.296. The summed E-state index contributed by atoms with van der Waals surface area (Å²) in [6, 6.07) is 54.0. The van der Waals surface area contributed by atoms with Crippen molar-refractivity contribution in [1.82, 2.24) is 0 Å². The summed E-state index contributed by atoms with van der Waals surface area (Å²) < 4.78 is 7.00. The smallest absolute Gasteiger partial charge is 0.497 e. The van der Waals surface area contributed by atoms with Crippen molar-refractivity contribution in [3.8, 4) is 11.5 Å². The minimum absolute atomic E-state index is 0. The Morgan fingerprint density at radius 1 is 0.617 bits per heavy atom. The summed E-state index contributed by atoms with van der Waals surface area (Å²) in [5.41, 5.74) is 12.8. The van der Waals surface area contributed by atoms with Crippen LogP contribution in [0.5, 0.6) is 11.5 Å². The van der Waals surface area contributed by atoms with E-state index in [0.717, 1.165) is 58.0 Å². The molecule has 1 spiro atoms. The molecule has 0 radical (unpaired) electrons. The van der Waals surface area contributed by atoms with Crippen molar-refractivity contribution in [3.05, 3.63) is 180 Å². The first kappa shape index (κ1) is 39.2. The molecule has 6 aromatic rings. The molecule has 4 aliphatic heterocycles. The van der Waals surface area contributed by atoms with Gasteiger partial charge in [0.2, 0.25) is 0 Å². The van der Waals surface area contributed by atoms with Crippen molar-refractivity contribution in [2.24, 2.45) is 0 Å². The fourth-order valence-electron chi connectivity index (χ4n) is 10.7. The molecule has 0 N–H and O–H groups in total. The molecule has 2 atom stereocenters. The monoisotopic (exact) mass is 967 g/mol. The summed E-state index contributed by atoms with van der Waals surface area (Å²) in [7, 11) is 0. The summed E-state index contributed by atoms with van der Waals surface area (Å²) in [5, 5.41) is 0. The summed E-state index contributed by atoms with van der Waals surface area (Å²) in [5.74, 6) is 1.72. The van der Waals surface area contributed by atoms with Crippen LogP contribution in [0.4, 0.5) is 34.1 Å². The topological polar surface area (TPSA) is 22.2 Å². The predicted octanol–water partition coefficient (Wildman–Crippen LogP) is 13.2. The normalized spacial score (nSPS) is 19.9. The molecular weight excluding hydrogens is 916 g/mol. The van der Waals surface area contributed by atoms with Crippen LogP contribution in [0.1, 0.15) is 108 Å². The molecule has 6 aromatic carbocycles. The molecular formula is C54H52N4OPt. The third-order valence-corrected chi connectivity index (χ3v) is 13.7. The quantitative estimate of drug-likeness (QED) is 0.141. The second-order valence-corrected chi connectivity index (χ2v) is 19.2. The second-order valence-electron chi connectivity index (χ2n) is 19.2. The summed E-state index contributed by atoms with van der Waals surface area (Å²) in [6.07, 6.45) is 5.86. The zero-order valence-electron chi connectivity index (χ0n) is 35.6. The van der Waals surface area contributed by atoms with Crippen LogP contribution in [0.2, 0.25) is 0 Å². The van der Waals surface area contributed by atoms with Crippen LogP contribution in [0.25, 0.3) is 0 Å². The Bertz CT molecular complexity index is 2570. The maximum atomic E-state index is 7.00. The molecule has 0 saturated heterocycles. The number of hydrogen-bond acceptors (Lipinski definition) is 5. The van der Waals surface area contributed by atoms with E-state index in [9.17, 15) is 0 Å². The maximum Gasteiger partial charge on any atom is 4.00 e. The molecule has 6 heteroatoms. The van der Waals surface area contributed by atoms with Gasteiger partial charge in [-0.25, -0.2) is 0 Å². The van der Waals surface area contributed by atoms with Gasteiger partial charge in [-0.2, -0.15) is 62.1 Å². The number of ether oxygens (including phenoxy) is 1. The van der Waals surface area contributed by atoms with E-state index in [-0.39, 0.29) is 44.0 Å². The molecule has 5 nitrogen and oxygen atoms in total. The minimum atomic E-state index is -0.836. The van der Waals surface area contributed by atoms with Crippen LogP contribution >= 0.6 is 0 Å². The van der Waals surface area contributed by atoms with Crippen molar-refractivity contribution in [3.63, 3.8) is 0 Å². The molecule has 11 rings (SSSR count). The third kappa shape index (κ3) is 5.74. The number of rotatable bonds is 0. The number of benzene rings is 6. The fourth-order valence-corrected chi connectivity index (χ4v) is 10.7. The summed E-state index contributed by atoms with van der Waals surface area (Å²) >= 11 is 0. The van der Waals surface area contributed by atoms with Gasteiger partial charge in [0.25, 0.3) is 0 Å². The van der Waals surface area contributed by atoms with E-state index in [0.29, 0.717) is 0 Å². The molecule has 5 aliphatic rings. The molecule has 1 aliphatic carbocycles. The average Bonchev–Trinajstić information content (AvgIpc) is 3.76. The van der Waals surface area contributed by atoms with Gasteiger partial charge in [-0.05, 0) is 71.2 Å². The molecule has 1 saturated carbocycles. The Kier molecular flexibility index (Phi) is 9.16. The first-order valence-corrected chi connectivity index (χ1v) is 21.5. The van der Waals surface area contributed by atoms with Crippen LogP contribution in [0, 0.1) is 25.0 Å². The van der Waals surface area contributed by atoms with Crippen LogP contribution < -0.4 is 24.3 Å². The molecule has 1 fully saturated rings. The maximum absolute atomic E-state index is 7.00. The average molecular weight is 968 g/mol. The summed E-state index contributed by atoms with van der Waals surface area (Å²) in [4.78, 5) is 10.1. The van der Waals surface area contributed by atoms with E-state index in [4.69, 9.17) is 4.74 Å². The van der Waals surface area contributed by atoms with Crippen LogP contribution in [0.3, 0.4) is 0 Å². The van der Waals surface area contributed by atoms with Gasteiger partial charge in [-0.3, -0.25) is 0 Å². The van der Waals surface area contributed by atoms with Crippen molar-refractivity contribution < 1.29 is 25.8 Å². The molecule has 4 heterocycles.